The molecule has 0 aliphatic carbocycles. The normalized spacial score (nSPS) is 14.3. The number of nitrogens with one attached hydrogen (secondary N) is 1. The third-order valence-corrected chi connectivity index (χ3v) is 6.64. The van der Waals surface area contributed by atoms with E-state index in [-0.39, 0.29) is 17.9 Å². The molecule has 0 bridgehead atoms. The van der Waals surface area contributed by atoms with Crippen LogP contribution in [0, 0.1) is 13.8 Å². The molecule has 0 atom stereocenters. The average molecular weight is 426 g/mol. The molecule has 1 amide bonds. The molecule has 0 spiro atoms. The van der Waals surface area contributed by atoms with Crippen molar-refractivity contribution >= 4 is 34.1 Å². The van der Waals surface area contributed by atoms with Gasteiger partial charge < -0.3 is 14.8 Å². The Morgan fingerprint density at radius 3 is 2.63 bits per heavy atom. The van der Waals surface area contributed by atoms with E-state index in [4.69, 9.17) is 0 Å². The molecular formula is C22H27N5O2S. The van der Waals surface area contributed by atoms with Crippen LogP contribution in [-0.4, -0.2) is 33.5 Å². The van der Waals surface area contributed by atoms with Gasteiger partial charge in [0.25, 0.3) is 5.56 Å². The second kappa shape index (κ2) is 8.95. The number of anilines is 1. The second-order valence-corrected chi connectivity index (χ2v) is 8.99. The number of rotatable bonds is 6. The number of aryl methyl sites for hydroxylation is 3. The summed E-state index contributed by atoms with van der Waals surface area (Å²) in [5.74, 6) is 0.412. The molecule has 0 unspecified atom stereocenters. The molecule has 3 aromatic rings. The van der Waals surface area contributed by atoms with E-state index in [2.05, 4.69) is 20.2 Å². The molecule has 8 heteroatoms. The molecule has 0 radical (unpaired) electrons. The van der Waals surface area contributed by atoms with Gasteiger partial charge in [-0.2, -0.15) is 0 Å². The Labute approximate surface area is 179 Å². The lowest BCUT2D eigenvalue weighted by Crippen LogP contribution is -2.37. The van der Waals surface area contributed by atoms with Gasteiger partial charge in [-0.1, -0.05) is 12.1 Å². The molecule has 2 aromatic heterocycles. The number of carbonyl (C=O) groups excluding carboxylic acids is 1. The van der Waals surface area contributed by atoms with Crippen molar-refractivity contribution in [2.45, 2.75) is 52.6 Å². The minimum atomic E-state index is -0.116. The molecule has 1 aromatic carbocycles. The fourth-order valence-corrected chi connectivity index (χ4v) is 4.68. The number of aromatic nitrogens is 3. The Hall–Kier alpha value is -2.74. The predicted molar refractivity (Wildman–Crippen MR) is 120 cm³/mol. The maximum absolute atomic E-state index is 13.2. The number of fused-ring (bicyclic) bond motifs is 1. The van der Waals surface area contributed by atoms with Gasteiger partial charge in [-0.3, -0.25) is 9.59 Å². The summed E-state index contributed by atoms with van der Waals surface area (Å²) >= 11 is 1.60. The van der Waals surface area contributed by atoms with Crippen molar-refractivity contribution < 1.29 is 4.79 Å². The molecule has 30 heavy (non-hydrogen) atoms. The molecule has 1 fully saturated rings. The number of piperidine rings is 1. The van der Waals surface area contributed by atoms with Crippen LogP contribution in [-0.2, 0) is 17.9 Å². The van der Waals surface area contributed by atoms with Crippen molar-refractivity contribution in [2.75, 3.05) is 18.0 Å². The number of hydrogen-bond donors (Lipinski definition) is 1. The number of para-hydroxylation sites is 2. The molecular weight excluding hydrogens is 398 g/mol. The van der Waals surface area contributed by atoms with Crippen LogP contribution in [0.4, 0.5) is 5.82 Å². The van der Waals surface area contributed by atoms with Gasteiger partial charge in [0.15, 0.2) is 5.82 Å². The zero-order chi connectivity index (χ0) is 21.1. The Bertz CT molecular complexity index is 1090. The highest BCUT2D eigenvalue weighted by molar-refractivity contribution is 7.11. The van der Waals surface area contributed by atoms with Gasteiger partial charge >= 0.3 is 0 Å². The molecule has 3 heterocycles. The summed E-state index contributed by atoms with van der Waals surface area (Å²) in [6.07, 6.45) is 3.57. The molecule has 158 valence electrons. The van der Waals surface area contributed by atoms with Gasteiger partial charge in [-0.25, -0.2) is 9.97 Å². The molecule has 7 nitrogen and oxygen atoms in total. The quantitative estimate of drug-likeness (QED) is 0.656. The number of amides is 1. The van der Waals surface area contributed by atoms with E-state index in [0.29, 0.717) is 18.9 Å². The highest BCUT2D eigenvalue weighted by Gasteiger charge is 2.19. The summed E-state index contributed by atoms with van der Waals surface area (Å²) in [4.78, 5) is 38.0. The van der Waals surface area contributed by atoms with Gasteiger partial charge in [0.1, 0.15) is 5.01 Å². The zero-order valence-electron chi connectivity index (χ0n) is 17.5. The van der Waals surface area contributed by atoms with Crippen LogP contribution in [0.2, 0.25) is 0 Å². The van der Waals surface area contributed by atoms with Crippen LogP contribution in [0.15, 0.2) is 29.1 Å². The lowest BCUT2D eigenvalue weighted by Gasteiger charge is -2.27. The standard InChI is InChI=1S/C22H27N5O2S/c1-15-16(2)30-20(24-15)14-23-19(28)10-13-27-18-9-5-4-8-17(18)25-21(22(27)29)26-11-6-3-7-12-26/h4-5,8-9H,3,6-7,10-14H2,1-2H3,(H,23,28). The maximum Gasteiger partial charge on any atom is 0.294 e. The minimum Gasteiger partial charge on any atom is -0.352 e. The molecule has 1 N–H and O–H groups in total. The zero-order valence-corrected chi connectivity index (χ0v) is 18.3. The summed E-state index contributed by atoms with van der Waals surface area (Å²) in [5.41, 5.74) is 2.44. The van der Waals surface area contributed by atoms with Gasteiger partial charge in [0.05, 0.1) is 23.3 Å². The van der Waals surface area contributed by atoms with Gasteiger partial charge in [-0.15, -0.1) is 11.3 Å². The van der Waals surface area contributed by atoms with E-state index in [1.807, 2.05) is 38.1 Å². The van der Waals surface area contributed by atoms with Crippen molar-refractivity contribution in [2.24, 2.45) is 0 Å². The van der Waals surface area contributed by atoms with E-state index in [9.17, 15) is 9.59 Å². The third kappa shape index (κ3) is 4.38. The van der Waals surface area contributed by atoms with E-state index >= 15 is 0 Å². The van der Waals surface area contributed by atoms with Gasteiger partial charge in [-0.05, 0) is 45.2 Å². The minimum absolute atomic E-state index is 0.0900. The Morgan fingerprint density at radius 1 is 1.13 bits per heavy atom. The lowest BCUT2D eigenvalue weighted by atomic mass is 10.1. The Kier molecular flexibility index (Phi) is 6.13. The Morgan fingerprint density at radius 2 is 1.90 bits per heavy atom. The van der Waals surface area contributed by atoms with Crippen LogP contribution in [0.25, 0.3) is 11.0 Å². The molecule has 1 aliphatic rings. The summed E-state index contributed by atoms with van der Waals surface area (Å²) < 4.78 is 1.70. The smallest absolute Gasteiger partial charge is 0.294 e. The van der Waals surface area contributed by atoms with E-state index in [0.717, 1.165) is 47.7 Å². The molecule has 1 saturated heterocycles. The maximum atomic E-state index is 13.2. The van der Waals surface area contributed by atoms with E-state index in [1.54, 1.807) is 15.9 Å². The first-order valence-corrected chi connectivity index (χ1v) is 11.3. The van der Waals surface area contributed by atoms with E-state index < -0.39 is 0 Å². The molecule has 1 aliphatic heterocycles. The average Bonchev–Trinajstić information content (AvgIpc) is 3.09. The van der Waals surface area contributed by atoms with Crippen LogP contribution >= 0.6 is 11.3 Å². The van der Waals surface area contributed by atoms with Crippen LogP contribution < -0.4 is 15.8 Å². The summed E-state index contributed by atoms with van der Waals surface area (Å²) in [6.45, 7) is 6.45. The van der Waals surface area contributed by atoms with Crippen molar-refractivity contribution in [3.63, 3.8) is 0 Å². The number of nitrogens with zero attached hydrogens (tertiary/aromatic N) is 4. The highest BCUT2D eigenvalue weighted by Crippen LogP contribution is 2.19. The lowest BCUT2D eigenvalue weighted by molar-refractivity contribution is -0.121. The SMILES string of the molecule is Cc1nc(CNC(=O)CCn2c(=O)c(N3CCCCC3)nc3ccccc32)sc1C. The van der Waals surface area contributed by atoms with Gasteiger partial charge in [0.2, 0.25) is 5.91 Å². The van der Waals surface area contributed by atoms with E-state index in [1.165, 1.54) is 11.3 Å². The fraction of sp³-hybridized carbons (Fsp3) is 0.455. The summed E-state index contributed by atoms with van der Waals surface area (Å²) in [5, 5.41) is 3.82. The van der Waals surface area contributed by atoms with Crippen LogP contribution in [0.1, 0.15) is 41.3 Å². The molecule has 0 saturated carbocycles. The van der Waals surface area contributed by atoms with Gasteiger partial charge in [0, 0.05) is 30.9 Å². The number of carbonyl (C=O) groups is 1. The summed E-state index contributed by atoms with van der Waals surface area (Å²) in [6, 6.07) is 7.64. The highest BCUT2D eigenvalue weighted by atomic mass is 32.1. The number of thiazole rings is 1. The molecule has 4 rings (SSSR count). The van der Waals surface area contributed by atoms with Crippen LogP contribution in [0.3, 0.4) is 0 Å². The Balaban J connectivity index is 1.51. The van der Waals surface area contributed by atoms with Crippen molar-refractivity contribution in [1.82, 2.24) is 19.9 Å². The topological polar surface area (TPSA) is 80.1 Å². The number of hydrogen-bond acceptors (Lipinski definition) is 6. The van der Waals surface area contributed by atoms with Crippen molar-refractivity contribution in [3.8, 4) is 0 Å². The second-order valence-electron chi connectivity index (χ2n) is 7.70. The van der Waals surface area contributed by atoms with Crippen LogP contribution in [0.5, 0.6) is 0 Å². The number of benzene rings is 1. The predicted octanol–water partition coefficient (Wildman–Crippen LogP) is 3.17. The fourth-order valence-electron chi connectivity index (χ4n) is 3.80. The monoisotopic (exact) mass is 425 g/mol. The first-order chi connectivity index (χ1) is 14.5. The first-order valence-electron chi connectivity index (χ1n) is 10.5. The van der Waals surface area contributed by atoms with Crippen molar-refractivity contribution in [1.29, 1.82) is 0 Å². The third-order valence-electron chi connectivity index (χ3n) is 5.56. The first kappa shape index (κ1) is 20.5. The summed E-state index contributed by atoms with van der Waals surface area (Å²) in [7, 11) is 0. The van der Waals surface area contributed by atoms with Crippen molar-refractivity contribution in [3.05, 3.63) is 50.2 Å². The largest absolute Gasteiger partial charge is 0.352 e.